The topological polar surface area (TPSA) is 78.3 Å². The zero-order chi connectivity index (χ0) is 23.6. The van der Waals surface area contributed by atoms with Crippen molar-refractivity contribution in [2.24, 2.45) is 0 Å². The lowest BCUT2D eigenvalue weighted by atomic mass is 10.1. The zero-order valence-corrected chi connectivity index (χ0v) is 19.7. The number of benzene rings is 3. The molecule has 8 heteroatoms. The molecule has 0 atom stereocenters. The summed E-state index contributed by atoms with van der Waals surface area (Å²) in [5, 5.41) is 12.2. The minimum absolute atomic E-state index is 0.105. The molecular formula is C26H26N4O3S. The van der Waals surface area contributed by atoms with E-state index in [1.165, 1.54) is 11.8 Å². The van der Waals surface area contributed by atoms with Crippen LogP contribution < -0.4 is 10.1 Å². The Bertz CT molecular complexity index is 1200. The van der Waals surface area contributed by atoms with E-state index in [0.717, 1.165) is 22.6 Å². The molecule has 0 aliphatic rings. The van der Waals surface area contributed by atoms with Crippen LogP contribution in [0.4, 0.5) is 5.69 Å². The Balaban J connectivity index is 1.44. The first-order valence-electron chi connectivity index (χ1n) is 10.9. The second-order valence-corrected chi connectivity index (χ2v) is 8.34. The number of aromatic nitrogens is 3. The van der Waals surface area contributed by atoms with Crippen molar-refractivity contribution in [1.29, 1.82) is 0 Å². The highest BCUT2D eigenvalue weighted by Gasteiger charge is 2.16. The van der Waals surface area contributed by atoms with Crippen LogP contribution in [0.25, 0.3) is 11.1 Å². The summed E-state index contributed by atoms with van der Waals surface area (Å²) in [7, 11) is 1.65. The third-order valence-electron chi connectivity index (χ3n) is 5.03. The van der Waals surface area contributed by atoms with Gasteiger partial charge in [-0.05, 0) is 23.8 Å². The van der Waals surface area contributed by atoms with Gasteiger partial charge in [0.25, 0.3) is 0 Å². The van der Waals surface area contributed by atoms with Gasteiger partial charge in [0.1, 0.15) is 12.4 Å². The number of ether oxygens (including phenoxy) is 2. The summed E-state index contributed by atoms with van der Waals surface area (Å²) in [5.41, 5.74) is 2.86. The molecule has 0 saturated carbocycles. The standard InChI is InChI=1S/C26H26N4O3S/c1-32-17-16-30-24(18-33-23-15-9-8-14-22(23)20-10-4-2-5-11-20)28-29-26(30)34-19-25(31)27-21-12-6-3-7-13-21/h2-15H,16-19H2,1H3,(H,27,31). The quantitative estimate of drug-likeness (QED) is 0.312. The molecule has 3 aromatic carbocycles. The first kappa shape index (κ1) is 23.5. The van der Waals surface area contributed by atoms with Crippen LogP contribution in [0.5, 0.6) is 5.75 Å². The van der Waals surface area contributed by atoms with Gasteiger partial charge in [0.2, 0.25) is 5.91 Å². The molecule has 0 aliphatic carbocycles. The van der Waals surface area contributed by atoms with Crippen LogP contribution in [0, 0.1) is 0 Å². The number of para-hydroxylation sites is 2. The Morgan fingerprint density at radius 1 is 0.941 bits per heavy atom. The van der Waals surface area contributed by atoms with E-state index in [0.29, 0.717) is 24.1 Å². The number of hydrogen-bond donors (Lipinski definition) is 1. The number of thioether (sulfide) groups is 1. The van der Waals surface area contributed by atoms with Crippen LogP contribution in [-0.4, -0.2) is 40.1 Å². The lowest BCUT2D eigenvalue weighted by Crippen LogP contribution is -2.15. The van der Waals surface area contributed by atoms with Crippen LogP contribution in [-0.2, 0) is 22.7 Å². The lowest BCUT2D eigenvalue weighted by molar-refractivity contribution is -0.113. The van der Waals surface area contributed by atoms with Crippen LogP contribution in [0.3, 0.4) is 0 Å². The van der Waals surface area contributed by atoms with Crippen molar-refractivity contribution in [1.82, 2.24) is 14.8 Å². The first-order valence-corrected chi connectivity index (χ1v) is 11.9. The van der Waals surface area contributed by atoms with Crippen molar-refractivity contribution in [3.8, 4) is 16.9 Å². The minimum atomic E-state index is -0.105. The van der Waals surface area contributed by atoms with Crippen molar-refractivity contribution in [2.45, 2.75) is 18.3 Å². The molecule has 174 valence electrons. The lowest BCUT2D eigenvalue weighted by Gasteiger charge is -2.13. The maximum absolute atomic E-state index is 12.4. The van der Waals surface area contributed by atoms with E-state index in [1.54, 1.807) is 7.11 Å². The van der Waals surface area contributed by atoms with E-state index in [2.05, 4.69) is 27.6 Å². The highest BCUT2D eigenvalue weighted by molar-refractivity contribution is 7.99. The smallest absolute Gasteiger partial charge is 0.234 e. The van der Waals surface area contributed by atoms with Gasteiger partial charge in [0.15, 0.2) is 11.0 Å². The van der Waals surface area contributed by atoms with Crippen molar-refractivity contribution in [2.75, 3.05) is 24.8 Å². The van der Waals surface area contributed by atoms with Crippen molar-refractivity contribution in [3.05, 3.63) is 90.8 Å². The fourth-order valence-corrected chi connectivity index (χ4v) is 4.16. The normalized spacial score (nSPS) is 10.7. The molecule has 0 unspecified atom stereocenters. The Kier molecular flexibility index (Phi) is 8.32. The van der Waals surface area contributed by atoms with E-state index in [4.69, 9.17) is 9.47 Å². The predicted octanol–water partition coefficient (Wildman–Crippen LogP) is 4.90. The summed E-state index contributed by atoms with van der Waals surface area (Å²) in [6.07, 6.45) is 0. The van der Waals surface area contributed by atoms with Gasteiger partial charge in [-0.2, -0.15) is 0 Å². The minimum Gasteiger partial charge on any atom is -0.485 e. The van der Waals surface area contributed by atoms with Crippen LogP contribution >= 0.6 is 11.8 Å². The number of rotatable bonds is 11. The average molecular weight is 475 g/mol. The Morgan fingerprint density at radius 3 is 2.41 bits per heavy atom. The molecule has 7 nitrogen and oxygen atoms in total. The second-order valence-electron chi connectivity index (χ2n) is 7.40. The molecule has 1 heterocycles. The first-order chi connectivity index (χ1) is 16.7. The zero-order valence-electron chi connectivity index (χ0n) is 18.9. The van der Waals surface area contributed by atoms with Crippen molar-refractivity contribution < 1.29 is 14.3 Å². The monoisotopic (exact) mass is 474 g/mol. The summed E-state index contributed by atoms with van der Waals surface area (Å²) in [4.78, 5) is 12.4. The number of carbonyl (C=O) groups excluding carboxylic acids is 1. The molecule has 1 amide bonds. The number of carbonyl (C=O) groups is 1. The number of amides is 1. The molecule has 4 aromatic rings. The van der Waals surface area contributed by atoms with E-state index >= 15 is 0 Å². The molecular weight excluding hydrogens is 448 g/mol. The molecule has 0 aliphatic heterocycles. The molecule has 0 spiro atoms. The maximum Gasteiger partial charge on any atom is 0.234 e. The SMILES string of the molecule is COCCn1c(COc2ccccc2-c2ccccc2)nnc1SCC(=O)Nc1ccccc1. The number of anilines is 1. The molecule has 34 heavy (non-hydrogen) atoms. The molecule has 0 fully saturated rings. The average Bonchev–Trinajstić information content (AvgIpc) is 3.27. The molecule has 1 N–H and O–H groups in total. The third kappa shape index (κ3) is 6.24. The summed E-state index contributed by atoms with van der Waals surface area (Å²) in [6.45, 7) is 1.30. The van der Waals surface area contributed by atoms with Gasteiger partial charge >= 0.3 is 0 Å². The molecule has 0 saturated heterocycles. The number of methoxy groups -OCH3 is 1. The third-order valence-corrected chi connectivity index (χ3v) is 6.00. The van der Waals surface area contributed by atoms with E-state index < -0.39 is 0 Å². The van der Waals surface area contributed by atoms with Gasteiger partial charge in [-0.25, -0.2) is 0 Å². The van der Waals surface area contributed by atoms with Gasteiger partial charge in [-0.3, -0.25) is 4.79 Å². The summed E-state index contributed by atoms with van der Waals surface area (Å²) in [6, 6.07) is 27.4. The second kappa shape index (κ2) is 12.0. The number of nitrogens with one attached hydrogen (secondary N) is 1. The summed E-state index contributed by atoms with van der Waals surface area (Å²) in [5.74, 6) is 1.56. The Morgan fingerprint density at radius 2 is 1.65 bits per heavy atom. The van der Waals surface area contributed by atoms with Crippen LogP contribution in [0.2, 0.25) is 0 Å². The van der Waals surface area contributed by atoms with Crippen LogP contribution in [0.1, 0.15) is 5.82 Å². The Hall–Kier alpha value is -3.62. The highest BCUT2D eigenvalue weighted by atomic mass is 32.2. The van der Waals surface area contributed by atoms with Gasteiger partial charge in [-0.15, -0.1) is 10.2 Å². The van der Waals surface area contributed by atoms with Crippen molar-refractivity contribution >= 4 is 23.4 Å². The van der Waals surface area contributed by atoms with Crippen LogP contribution in [0.15, 0.2) is 90.1 Å². The number of hydrogen-bond acceptors (Lipinski definition) is 6. The fraction of sp³-hybridized carbons (Fsp3) is 0.192. The van der Waals surface area contributed by atoms with E-state index in [-0.39, 0.29) is 18.3 Å². The fourth-order valence-electron chi connectivity index (χ4n) is 3.38. The van der Waals surface area contributed by atoms with E-state index in [9.17, 15) is 4.79 Å². The van der Waals surface area contributed by atoms with Gasteiger partial charge in [0.05, 0.1) is 12.4 Å². The maximum atomic E-state index is 12.4. The Labute approximate surface area is 203 Å². The highest BCUT2D eigenvalue weighted by Crippen LogP contribution is 2.30. The van der Waals surface area contributed by atoms with Crippen molar-refractivity contribution in [3.63, 3.8) is 0 Å². The predicted molar refractivity (Wildman–Crippen MR) is 134 cm³/mol. The largest absolute Gasteiger partial charge is 0.485 e. The summed E-state index contributed by atoms with van der Waals surface area (Å²) < 4.78 is 13.4. The number of nitrogens with zero attached hydrogens (tertiary/aromatic N) is 3. The van der Waals surface area contributed by atoms with E-state index in [1.807, 2.05) is 77.4 Å². The molecule has 4 rings (SSSR count). The molecule has 0 radical (unpaired) electrons. The van der Waals surface area contributed by atoms with Gasteiger partial charge in [-0.1, -0.05) is 78.5 Å². The molecule has 0 bridgehead atoms. The summed E-state index contributed by atoms with van der Waals surface area (Å²) >= 11 is 1.33. The van der Waals surface area contributed by atoms with Gasteiger partial charge < -0.3 is 19.4 Å². The molecule has 1 aromatic heterocycles. The van der Waals surface area contributed by atoms with Gasteiger partial charge in [0, 0.05) is 24.9 Å².